The van der Waals surface area contributed by atoms with Crippen molar-refractivity contribution < 1.29 is 22.7 Å². The number of primary amides is 1. The van der Waals surface area contributed by atoms with Gasteiger partial charge in [0.05, 0.1) is 28.4 Å². The van der Waals surface area contributed by atoms with Crippen molar-refractivity contribution in [2.45, 2.75) is 4.90 Å². The van der Waals surface area contributed by atoms with Crippen molar-refractivity contribution in [3.63, 3.8) is 0 Å². The van der Waals surface area contributed by atoms with Gasteiger partial charge in [0.1, 0.15) is 11.6 Å². The fourth-order valence-electron chi connectivity index (χ4n) is 3.34. The zero-order chi connectivity index (χ0) is 22.2. The van der Waals surface area contributed by atoms with E-state index in [0.717, 1.165) is 10.4 Å². The van der Waals surface area contributed by atoms with Gasteiger partial charge in [0.15, 0.2) is 9.84 Å². The maximum atomic E-state index is 12.7. The Bertz CT molecular complexity index is 1260. The van der Waals surface area contributed by atoms with Gasteiger partial charge < -0.3 is 21.1 Å². The number of hydrogen-bond donors (Lipinski definition) is 2. The molecular formula is C20H20N4O5S2. The molecule has 0 unspecified atom stereocenters. The lowest BCUT2D eigenvalue weighted by Gasteiger charge is -2.26. The molecule has 3 heterocycles. The van der Waals surface area contributed by atoms with E-state index in [1.54, 1.807) is 18.2 Å². The quantitative estimate of drug-likeness (QED) is 0.583. The van der Waals surface area contributed by atoms with E-state index < -0.39 is 27.4 Å². The van der Waals surface area contributed by atoms with Crippen LogP contribution in [0.2, 0.25) is 0 Å². The van der Waals surface area contributed by atoms with Crippen LogP contribution in [0.3, 0.4) is 0 Å². The summed E-state index contributed by atoms with van der Waals surface area (Å²) < 4.78 is 31.2. The fourth-order valence-corrected chi connectivity index (χ4v) is 5.75. The first-order chi connectivity index (χ1) is 14.8. The Hall–Kier alpha value is -3.02. The highest BCUT2D eigenvalue weighted by Crippen LogP contribution is 2.37. The Labute approximate surface area is 182 Å². The summed E-state index contributed by atoms with van der Waals surface area (Å²) in [5.74, 6) is -1.33. The van der Waals surface area contributed by atoms with E-state index in [2.05, 4.69) is 4.98 Å². The van der Waals surface area contributed by atoms with Crippen molar-refractivity contribution in [2.24, 2.45) is 5.73 Å². The Kier molecular flexibility index (Phi) is 5.65. The van der Waals surface area contributed by atoms with Crippen LogP contribution >= 0.6 is 11.3 Å². The molecule has 0 radical (unpaired) electrons. The number of fused-ring (bicyclic) bond motifs is 1. The smallest absolute Gasteiger partial charge is 0.251 e. The van der Waals surface area contributed by atoms with Gasteiger partial charge in [-0.1, -0.05) is 12.1 Å². The third kappa shape index (κ3) is 4.24. The molecule has 1 aromatic carbocycles. The van der Waals surface area contributed by atoms with Gasteiger partial charge in [-0.3, -0.25) is 9.59 Å². The van der Waals surface area contributed by atoms with E-state index >= 15 is 0 Å². The van der Waals surface area contributed by atoms with Crippen molar-refractivity contribution in [1.82, 2.24) is 9.88 Å². The molecule has 31 heavy (non-hydrogen) atoms. The number of morpholine rings is 1. The lowest BCUT2D eigenvalue weighted by atomic mass is 10.1. The van der Waals surface area contributed by atoms with Crippen LogP contribution < -0.4 is 11.5 Å². The lowest BCUT2D eigenvalue weighted by molar-refractivity contribution is -0.132. The second-order valence-corrected chi connectivity index (χ2v) is 10.1. The second kappa shape index (κ2) is 8.25. The lowest BCUT2D eigenvalue weighted by Crippen LogP contribution is -2.43. The molecule has 11 heteroatoms. The Morgan fingerprint density at radius 3 is 2.48 bits per heavy atom. The Balaban J connectivity index is 1.59. The van der Waals surface area contributed by atoms with Crippen LogP contribution in [0.4, 0.5) is 5.82 Å². The van der Waals surface area contributed by atoms with Crippen LogP contribution in [0.1, 0.15) is 10.4 Å². The van der Waals surface area contributed by atoms with E-state index in [9.17, 15) is 18.0 Å². The average Bonchev–Trinajstić information content (AvgIpc) is 3.20. The van der Waals surface area contributed by atoms with Gasteiger partial charge >= 0.3 is 0 Å². The van der Waals surface area contributed by atoms with Crippen molar-refractivity contribution >= 4 is 48.9 Å². The number of aromatic nitrogens is 1. The van der Waals surface area contributed by atoms with Crippen LogP contribution in [0.25, 0.3) is 20.5 Å². The third-order valence-electron chi connectivity index (χ3n) is 5.03. The van der Waals surface area contributed by atoms with Gasteiger partial charge in [-0.15, -0.1) is 11.3 Å². The van der Waals surface area contributed by atoms with Crippen LogP contribution in [-0.2, 0) is 19.4 Å². The molecule has 1 saturated heterocycles. The molecule has 0 saturated carbocycles. The highest BCUT2D eigenvalue weighted by Gasteiger charge is 2.25. The molecule has 2 amide bonds. The normalized spacial score (nSPS) is 14.6. The minimum Gasteiger partial charge on any atom is -0.383 e. The van der Waals surface area contributed by atoms with Gasteiger partial charge in [-0.25, -0.2) is 13.4 Å². The number of nitrogen functional groups attached to an aromatic ring is 1. The maximum absolute atomic E-state index is 12.7. The molecule has 0 spiro atoms. The monoisotopic (exact) mass is 460 g/mol. The van der Waals surface area contributed by atoms with Crippen molar-refractivity contribution in [3.05, 3.63) is 42.1 Å². The first kappa shape index (κ1) is 21.2. The summed E-state index contributed by atoms with van der Waals surface area (Å²) in [6.45, 7) is 1.61. The molecule has 3 aromatic rings. The number of carbonyl (C=O) groups excluding carboxylic acids is 2. The summed E-state index contributed by atoms with van der Waals surface area (Å²) in [6, 6.07) is 8.05. The number of benzene rings is 1. The van der Waals surface area contributed by atoms with Gasteiger partial charge in [-0.2, -0.15) is 0 Å². The van der Waals surface area contributed by atoms with Crippen LogP contribution in [0, 0.1) is 0 Å². The van der Waals surface area contributed by atoms with Crippen molar-refractivity contribution in [2.75, 3.05) is 37.8 Å². The number of anilines is 1. The van der Waals surface area contributed by atoms with E-state index in [4.69, 9.17) is 16.2 Å². The molecule has 1 fully saturated rings. The number of nitrogens with zero attached hydrogens (tertiary/aromatic N) is 2. The summed E-state index contributed by atoms with van der Waals surface area (Å²) in [7, 11) is -3.78. The second-order valence-electron chi connectivity index (χ2n) is 7.05. The number of carbonyl (C=O) groups is 2. The summed E-state index contributed by atoms with van der Waals surface area (Å²) >= 11 is 1.32. The molecule has 4 rings (SSSR count). The van der Waals surface area contributed by atoms with Gasteiger partial charge in [-0.05, 0) is 23.8 Å². The maximum Gasteiger partial charge on any atom is 0.251 e. The predicted molar refractivity (Wildman–Crippen MR) is 117 cm³/mol. The molecule has 2 aromatic heterocycles. The standard InChI is InChI=1S/C20H20N4O5S2/c21-19-14-9-16(30-18(14)15(10-23-19)20(22)26)12-1-3-13(4-2-12)31(27,28)11-17(25)24-5-7-29-8-6-24/h1-4,9-10H,5-8,11H2,(H2,21,23)(H2,22,26). The molecule has 162 valence electrons. The molecular weight excluding hydrogens is 440 g/mol. The molecule has 0 atom stereocenters. The summed E-state index contributed by atoms with van der Waals surface area (Å²) in [5, 5.41) is 0.615. The first-order valence-electron chi connectivity index (χ1n) is 9.43. The molecule has 0 aliphatic carbocycles. The van der Waals surface area contributed by atoms with Gasteiger partial charge in [0, 0.05) is 29.5 Å². The third-order valence-corrected chi connectivity index (χ3v) is 7.86. The number of hydrogen-bond acceptors (Lipinski definition) is 8. The zero-order valence-corrected chi connectivity index (χ0v) is 18.0. The highest BCUT2D eigenvalue weighted by molar-refractivity contribution is 7.92. The Morgan fingerprint density at radius 2 is 1.84 bits per heavy atom. The van der Waals surface area contributed by atoms with E-state index in [0.29, 0.717) is 36.4 Å². The molecule has 0 bridgehead atoms. The molecule has 9 nitrogen and oxygen atoms in total. The van der Waals surface area contributed by atoms with Gasteiger partial charge in [0.2, 0.25) is 5.91 Å². The van der Waals surface area contributed by atoms with Crippen LogP contribution in [-0.4, -0.2) is 62.2 Å². The number of nitrogens with two attached hydrogens (primary N) is 2. The zero-order valence-electron chi connectivity index (χ0n) is 16.4. The van der Waals surface area contributed by atoms with E-state index in [1.807, 2.05) is 0 Å². The topological polar surface area (TPSA) is 146 Å². The Morgan fingerprint density at radius 1 is 1.16 bits per heavy atom. The van der Waals surface area contributed by atoms with Crippen LogP contribution in [0.5, 0.6) is 0 Å². The van der Waals surface area contributed by atoms with Gasteiger partial charge in [0.25, 0.3) is 5.91 Å². The SMILES string of the molecule is NC(=O)c1cnc(N)c2cc(-c3ccc(S(=O)(=O)CC(=O)N4CCOCC4)cc3)sc12. The molecule has 1 aliphatic rings. The van der Waals surface area contributed by atoms with Crippen molar-refractivity contribution in [1.29, 1.82) is 0 Å². The number of rotatable bonds is 5. The summed E-state index contributed by atoms with van der Waals surface area (Å²) in [6.07, 6.45) is 1.35. The largest absolute Gasteiger partial charge is 0.383 e. The highest BCUT2D eigenvalue weighted by atomic mass is 32.2. The van der Waals surface area contributed by atoms with E-state index in [-0.39, 0.29) is 16.3 Å². The number of pyridine rings is 1. The average molecular weight is 461 g/mol. The van der Waals surface area contributed by atoms with Crippen molar-refractivity contribution in [3.8, 4) is 10.4 Å². The predicted octanol–water partition coefficient (Wildman–Crippen LogP) is 1.28. The minimum absolute atomic E-state index is 0.0676. The minimum atomic E-state index is -3.78. The number of amides is 2. The summed E-state index contributed by atoms with van der Waals surface area (Å²) in [4.78, 5) is 30.4. The number of thiophene rings is 1. The molecule has 1 aliphatic heterocycles. The molecule has 4 N–H and O–H groups in total. The number of ether oxygens (including phenoxy) is 1. The van der Waals surface area contributed by atoms with Crippen LogP contribution in [0.15, 0.2) is 41.4 Å². The van der Waals surface area contributed by atoms with E-state index in [1.165, 1.54) is 34.6 Å². The summed E-state index contributed by atoms with van der Waals surface area (Å²) in [5.41, 5.74) is 12.4. The first-order valence-corrected chi connectivity index (χ1v) is 11.9. The fraction of sp³-hybridized carbons (Fsp3) is 0.250. The number of sulfone groups is 1.